The van der Waals surface area contributed by atoms with Crippen molar-refractivity contribution >= 4 is 22.6 Å². The van der Waals surface area contributed by atoms with Gasteiger partial charge in [0.05, 0.1) is 11.1 Å². The Labute approximate surface area is 189 Å². The molecule has 3 rings (SSSR count). The fourth-order valence-electron chi connectivity index (χ4n) is 3.61. The number of halogens is 2. The number of carbonyl (C=O) groups excluding carboxylic acids is 1. The van der Waals surface area contributed by atoms with E-state index in [1.165, 1.54) is 38.1 Å². The number of phenols is 1. The van der Waals surface area contributed by atoms with Gasteiger partial charge in [-0.1, -0.05) is 26.0 Å². The molecule has 33 heavy (non-hydrogen) atoms. The number of hydrogen-bond donors (Lipinski definition) is 3. The fraction of sp³-hybridized carbons (Fsp3) is 0.292. The van der Waals surface area contributed by atoms with E-state index in [4.69, 9.17) is 4.74 Å². The summed E-state index contributed by atoms with van der Waals surface area (Å²) in [6.45, 7) is 6.30. The first-order valence-corrected chi connectivity index (χ1v) is 10.3. The minimum absolute atomic E-state index is 0.155. The minimum Gasteiger partial charge on any atom is -0.505 e. The van der Waals surface area contributed by atoms with Gasteiger partial charge < -0.3 is 20.3 Å². The zero-order valence-electron chi connectivity index (χ0n) is 18.5. The molecule has 1 heterocycles. The summed E-state index contributed by atoms with van der Waals surface area (Å²) < 4.78 is 34.5. The molecule has 3 aromatic rings. The predicted molar refractivity (Wildman–Crippen MR) is 118 cm³/mol. The molecule has 174 valence electrons. The summed E-state index contributed by atoms with van der Waals surface area (Å²) >= 11 is 0. The zero-order valence-corrected chi connectivity index (χ0v) is 18.5. The molecule has 1 amide bonds. The molecule has 2 atom stereocenters. The molecule has 0 radical (unpaired) electrons. The molecule has 9 heteroatoms. The molecule has 0 aliphatic heterocycles. The number of amides is 1. The number of aromatic nitrogens is 1. The summed E-state index contributed by atoms with van der Waals surface area (Å²) in [7, 11) is 0. The third kappa shape index (κ3) is 4.87. The Morgan fingerprint density at radius 3 is 2.24 bits per heavy atom. The van der Waals surface area contributed by atoms with E-state index in [0.717, 1.165) is 0 Å². The number of benzene rings is 2. The van der Waals surface area contributed by atoms with Gasteiger partial charge in [0.25, 0.3) is 0 Å². The number of carboxylic acid groups (broad SMARTS) is 1. The molecule has 1 aromatic heterocycles. The SMILES string of the molecule is CC(=O)N[C@H](C(=O)O)C(C)Oc1nc(C(C)C)c(-c2ccc(F)cc2)c2ccc(O)c(F)c12. The lowest BCUT2D eigenvalue weighted by Gasteiger charge is -2.24. The van der Waals surface area contributed by atoms with Crippen molar-refractivity contribution in [2.24, 2.45) is 0 Å². The van der Waals surface area contributed by atoms with E-state index in [9.17, 15) is 24.2 Å². The number of ether oxygens (including phenoxy) is 1. The van der Waals surface area contributed by atoms with Crippen LogP contribution < -0.4 is 10.1 Å². The van der Waals surface area contributed by atoms with Crippen LogP contribution in [0.1, 0.15) is 39.3 Å². The highest BCUT2D eigenvalue weighted by atomic mass is 19.1. The lowest BCUT2D eigenvalue weighted by atomic mass is 9.92. The first kappa shape index (κ1) is 23.9. The van der Waals surface area contributed by atoms with Crippen LogP contribution in [0.25, 0.3) is 21.9 Å². The van der Waals surface area contributed by atoms with Crippen LogP contribution in [0, 0.1) is 11.6 Å². The van der Waals surface area contributed by atoms with Crippen LogP contribution in [-0.4, -0.2) is 39.2 Å². The molecule has 1 unspecified atom stereocenters. The van der Waals surface area contributed by atoms with Crippen molar-refractivity contribution in [3.8, 4) is 22.8 Å². The molecule has 0 aliphatic carbocycles. The van der Waals surface area contributed by atoms with Crippen LogP contribution in [-0.2, 0) is 9.59 Å². The topological polar surface area (TPSA) is 109 Å². The Kier molecular flexibility index (Phi) is 6.81. The molecule has 2 aromatic carbocycles. The number of fused-ring (bicyclic) bond motifs is 1. The lowest BCUT2D eigenvalue weighted by Crippen LogP contribution is -2.49. The Balaban J connectivity index is 2.27. The number of nitrogens with one attached hydrogen (secondary N) is 1. The standard InChI is InChI=1S/C24H24F2N2O5/c1-11(2)21-18(14-5-7-15(25)8-6-14)16-9-10-17(30)20(26)19(16)23(28-21)33-12(3)22(24(31)32)27-13(4)29/h5-12,22,30H,1-4H3,(H,27,29)(H,31,32)/t12?,22-/m0/s1. The zero-order chi connectivity index (χ0) is 24.4. The van der Waals surface area contributed by atoms with Gasteiger partial charge in [-0.2, -0.15) is 0 Å². The molecule has 0 saturated heterocycles. The van der Waals surface area contributed by atoms with Gasteiger partial charge >= 0.3 is 5.97 Å². The van der Waals surface area contributed by atoms with Crippen molar-refractivity contribution in [3.05, 3.63) is 53.7 Å². The number of phenolic OH excluding ortho intramolecular Hbond substituents is 1. The molecular formula is C24H24F2N2O5. The quantitative estimate of drug-likeness (QED) is 0.485. The van der Waals surface area contributed by atoms with Crippen molar-refractivity contribution in [1.29, 1.82) is 0 Å². The van der Waals surface area contributed by atoms with E-state index in [1.807, 2.05) is 13.8 Å². The molecule has 3 N–H and O–H groups in total. The van der Waals surface area contributed by atoms with Crippen LogP contribution in [0.4, 0.5) is 8.78 Å². The van der Waals surface area contributed by atoms with E-state index >= 15 is 4.39 Å². The summed E-state index contributed by atoms with van der Waals surface area (Å²) in [5.41, 5.74) is 1.63. The van der Waals surface area contributed by atoms with Gasteiger partial charge in [-0.25, -0.2) is 18.6 Å². The van der Waals surface area contributed by atoms with Crippen molar-refractivity contribution < 1.29 is 33.3 Å². The van der Waals surface area contributed by atoms with Crippen LogP contribution >= 0.6 is 0 Å². The van der Waals surface area contributed by atoms with Gasteiger partial charge in [0.2, 0.25) is 11.8 Å². The van der Waals surface area contributed by atoms with E-state index in [-0.39, 0.29) is 17.2 Å². The third-order valence-corrected chi connectivity index (χ3v) is 5.15. The van der Waals surface area contributed by atoms with Gasteiger partial charge in [-0.15, -0.1) is 0 Å². The Morgan fingerprint density at radius 1 is 1.06 bits per heavy atom. The number of carboxylic acids is 1. The van der Waals surface area contributed by atoms with Gasteiger partial charge in [0.15, 0.2) is 17.6 Å². The monoisotopic (exact) mass is 458 g/mol. The Hall–Kier alpha value is -3.75. The molecular weight excluding hydrogens is 434 g/mol. The molecule has 7 nitrogen and oxygen atoms in total. The van der Waals surface area contributed by atoms with Crippen LogP contribution in [0.15, 0.2) is 36.4 Å². The fourth-order valence-corrected chi connectivity index (χ4v) is 3.61. The molecule has 0 saturated carbocycles. The van der Waals surface area contributed by atoms with Gasteiger partial charge in [-0.05, 0) is 48.1 Å². The average Bonchev–Trinajstić information content (AvgIpc) is 2.74. The summed E-state index contributed by atoms with van der Waals surface area (Å²) in [5, 5.41) is 22.0. The van der Waals surface area contributed by atoms with E-state index < -0.39 is 41.4 Å². The van der Waals surface area contributed by atoms with E-state index in [2.05, 4.69) is 10.3 Å². The smallest absolute Gasteiger partial charge is 0.330 e. The maximum Gasteiger partial charge on any atom is 0.330 e. The molecule has 0 spiro atoms. The second-order valence-electron chi connectivity index (χ2n) is 8.00. The third-order valence-electron chi connectivity index (χ3n) is 5.15. The second kappa shape index (κ2) is 9.40. The van der Waals surface area contributed by atoms with Crippen LogP contribution in [0.3, 0.4) is 0 Å². The number of nitrogens with zero attached hydrogens (tertiary/aromatic N) is 1. The minimum atomic E-state index is -1.42. The number of carbonyl (C=O) groups is 2. The summed E-state index contributed by atoms with van der Waals surface area (Å²) in [5.74, 6) is -4.37. The van der Waals surface area contributed by atoms with Crippen LogP contribution in [0.2, 0.25) is 0 Å². The number of hydrogen-bond acceptors (Lipinski definition) is 5. The highest BCUT2D eigenvalue weighted by molar-refractivity contribution is 6.01. The van der Waals surface area contributed by atoms with Crippen molar-refractivity contribution in [2.45, 2.75) is 45.8 Å². The maximum atomic E-state index is 15.2. The Morgan fingerprint density at radius 2 is 1.70 bits per heavy atom. The van der Waals surface area contributed by atoms with Crippen molar-refractivity contribution in [3.63, 3.8) is 0 Å². The largest absolute Gasteiger partial charge is 0.505 e. The highest BCUT2D eigenvalue weighted by Crippen LogP contribution is 2.42. The first-order valence-electron chi connectivity index (χ1n) is 10.3. The van der Waals surface area contributed by atoms with Gasteiger partial charge in [-0.3, -0.25) is 4.79 Å². The van der Waals surface area contributed by atoms with Crippen LogP contribution in [0.5, 0.6) is 11.6 Å². The summed E-state index contributed by atoms with van der Waals surface area (Å²) in [4.78, 5) is 27.6. The maximum absolute atomic E-state index is 15.2. The molecule has 0 fully saturated rings. The van der Waals surface area contributed by atoms with Gasteiger partial charge in [0, 0.05) is 12.5 Å². The number of pyridine rings is 1. The number of aliphatic carboxylic acids is 1. The highest BCUT2D eigenvalue weighted by Gasteiger charge is 2.30. The second-order valence-corrected chi connectivity index (χ2v) is 8.00. The lowest BCUT2D eigenvalue weighted by molar-refractivity contribution is -0.144. The summed E-state index contributed by atoms with van der Waals surface area (Å²) in [6.07, 6.45) is -1.12. The summed E-state index contributed by atoms with van der Waals surface area (Å²) in [6, 6.07) is 6.92. The number of aromatic hydroxyl groups is 1. The van der Waals surface area contributed by atoms with Crippen molar-refractivity contribution in [1.82, 2.24) is 10.3 Å². The van der Waals surface area contributed by atoms with E-state index in [0.29, 0.717) is 22.2 Å². The Bertz CT molecular complexity index is 1210. The molecule has 0 bridgehead atoms. The first-order chi connectivity index (χ1) is 15.5. The van der Waals surface area contributed by atoms with E-state index in [1.54, 1.807) is 12.1 Å². The van der Waals surface area contributed by atoms with Gasteiger partial charge in [0.1, 0.15) is 11.9 Å². The normalized spacial score (nSPS) is 13.1. The predicted octanol–water partition coefficient (Wildman–Crippen LogP) is 4.37. The average molecular weight is 458 g/mol. The molecule has 0 aliphatic rings. The number of rotatable bonds is 7. The van der Waals surface area contributed by atoms with Crippen molar-refractivity contribution in [2.75, 3.05) is 0 Å².